The van der Waals surface area contributed by atoms with Crippen molar-refractivity contribution in [1.82, 2.24) is 0 Å². The number of benzene rings is 3. The van der Waals surface area contributed by atoms with Crippen molar-refractivity contribution >= 4 is 17.7 Å². The Morgan fingerprint density at radius 2 is 1.55 bits per heavy atom. The average molecular weight is 457 g/mol. The van der Waals surface area contributed by atoms with Crippen LogP contribution in [0, 0.1) is 0 Å². The van der Waals surface area contributed by atoms with E-state index in [0.717, 1.165) is 17.7 Å². The van der Waals surface area contributed by atoms with Crippen LogP contribution in [0.4, 0.5) is 18.9 Å². The number of ether oxygens (including phenoxy) is 3. The lowest BCUT2D eigenvalue weighted by Crippen LogP contribution is -2.09. The summed E-state index contributed by atoms with van der Waals surface area (Å²) in [6.07, 6.45) is -1.64. The number of carbonyl (C=O) groups is 1. The molecule has 0 aliphatic carbocycles. The monoisotopic (exact) mass is 457 g/mol. The Hall–Kier alpha value is -3.94. The number of rotatable bonds is 8. The van der Waals surface area contributed by atoms with Crippen molar-refractivity contribution in [2.75, 3.05) is 19.5 Å². The van der Waals surface area contributed by atoms with Crippen LogP contribution in [0.1, 0.15) is 16.7 Å². The maximum atomic E-state index is 12.6. The summed E-state index contributed by atoms with van der Waals surface area (Å²) >= 11 is 0. The summed E-state index contributed by atoms with van der Waals surface area (Å²) in [7, 11) is 2.99. The number of hydrogen-bond acceptors (Lipinski definition) is 4. The molecule has 0 fully saturated rings. The molecule has 0 aliphatic rings. The quantitative estimate of drug-likeness (QED) is 0.425. The molecule has 5 nitrogen and oxygen atoms in total. The van der Waals surface area contributed by atoms with E-state index in [1.807, 2.05) is 30.3 Å². The van der Waals surface area contributed by atoms with E-state index in [9.17, 15) is 18.0 Å². The molecule has 0 unspecified atom stereocenters. The number of hydrogen-bond donors (Lipinski definition) is 1. The minimum absolute atomic E-state index is 0.248. The molecule has 0 saturated heterocycles. The van der Waals surface area contributed by atoms with E-state index in [1.54, 1.807) is 12.1 Å². The van der Waals surface area contributed by atoms with Crippen molar-refractivity contribution < 1.29 is 32.2 Å². The topological polar surface area (TPSA) is 56.8 Å². The van der Waals surface area contributed by atoms with Gasteiger partial charge in [0.15, 0.2) is 11.5 Å². The van der Waals surface area contributed by atoms with E-state index in [2.05, 4.69) is 5.32 Å². The summed E-state index contributed by atoms with van der Waals surface area (Å²) in [6.45, 7) is 0.318. The van der Waals surface area contributed by atoms with Crippen molar-refractivity contribution in [1.29, 1.82) is 0 Å². The Bertz CT molecular complexity index is 1090. The Labute approximate surface area is 189 Å². The molecular weight excluding hydrogens is 435 g/mol. The number of halogens is 3. The van der Waals surface area contributed by atoms with Crippen LogP contribution in [0.2, 0.25) is 0 Å². The second kappa shape index (κ2) is 10.6. The van der Waals surface area contributed by atoms with Gasteiger partial charge in [-0.1, -0.05) is 30.3 Å². The molecule has 0 saturated carbocycles. The van der Waals surface area contributed by atoms with Gasteiger partial charge in [0.2, 0.25) is 11.7 Å². The van der Waals surface area contributed by atoms with E-state index in [0.29, 0.717) is 29.4 Å². The molecule has 0 heterocycles. The summed E-state index contributed by atoms with van der Waals surface area (Å²) in [6, 6.07) is 17.2. The van der Waals surface area contributed by atoms with Crippen molar-refractivity contribution in [3.63, 3.8) is 0 Å². The molecule has 33 heavy (non-hydrogen) atoms. The minimum atomic E-state index is -4.43. The van der Waals surface area contributed by atoms with Crippen molar-refractivity contribution in [2.24, 2.45) is 0 Å². The number of methoxy groups -OCH3 is 2. The Morgan fingerprint density at radius 1 is 0.939 bits per heavy atom. The highest BCUT2D eigenvalue weighted by atomic mass is 19.4. The van der Waals surface area contributed by atoms with Crippen LogP contribution in [0.25, 0.3) is 6.08 Å². The minimum Gasteiger partial charge on any atom is -0.493 e. The first kappa shape index (κ1) is 23.7. The van der Waals surface area contributed by atoms with E-state index in [4.69, 9.17) is 14.2 Å². The van der Waals surface area contributed by atoms with Crippen LogP contribution in [0.5, 0.6) is 17.2 Å². The van der Waals surface area contributed by atoms with Gasteiger partial charge in [0.05, 0.1) is 19.8 Å². The zero-order valence-corrected chi connectivity index (χ0v) is 18.0. The standard InChI is InChI=1S/C25H22F3NO4/c1-31-21-14-18(15-22(32-2)24(21)33-16-17-6-4-3-5-7-17)8-13-23(30)29-20-11-9-19(10-12-20)25(26,27)28/h3-15H,16H2,1-2H3,(H,29,30). The number of alkyl halides is 3. The summed E-state index contributed by atoms with van der Waals surface area (Å²) in [5, 5.41) is 2.52. The lowest BCUT2D eigenvalue weighted by Gasteiger charge is -2.15. The first-order chi connectivity index (χ1) is 15.8. The molecule has 0 aromatic heterocycles. The van der Waals surface area contributed by atoms with Gasteiger partial charge in [0.1, 0.15) is 6.61 Å². The maximum Gasteiger partial charge on any atom is 0.416 e. The van der Waals surface area contributed by atoms with E-state index >= 15 is 0 Å². The third-order valence-electron chi connectivity index (χ3n) is 4.62. The molecule has 1 amide bonds. The average Bonchev–Trinajstić information content (AvgIpc) is 2.81. The first-order valence-electron chi connectivity index (χ1n) is 9.89. The molecular formula is C25H22F3NO4. The van der Waals surface area contributed by atoms with Crippen molar-refractivity contribution in [3.8, 4) is 17.2 Å². The number of nitrogens with one attached hydrogen (secondary N) is 1. The summed E-state index contributed by atoms with van der Waals surface area (Å²) in [4.78, 5) is 12.2. The lowest BCUT2D eigenvalue weighted by molar-refractivity contribution is -0.137. The maximum absolute atomic E-state index is 12.6. The summed E-state index contributed by atoms with van der Waals surface area (Å²) in [5.74, 6) is 0.772. The van der Waals surface area contributed by atoms with E-state index in [1.165, 1.54) is 38.5 Å². The van der Waals surface area contributed by atoms with Crippen LogP contribution in [0.3, 0.4) is 0 Å². The van der Waals surface area contributed by atoms with Gasteiger partial charge in [-0.3, -0.25) is 4.79 Å². The summed E-state index contributed by atoms with van der Waals surface area (Å²) in [5.41, 5.74) is 1.05. The summed E-state index contributed by atoms with van der Waals surface area (Å²) < 4.78 is 54.7. The highest BCUT2D eigenvalue weighted by Crippen LogP contribution is 2.39. The highest BCUT2D eigenvalue weighted by Gasteiger charge is 2.29. The van der Waals surface area contributed by atoms with Crippen LogP contribution >= 0.6 is 0 Å². The van der Waals surface area contributed by atoms with Gasteiger partial charge in [-0.15, -0.1) is 0 Å². The molecule has 8 heteroatoms. The molecule has 0 spiro atoms. The number of carbonyl (C=O) groups excluding carboxylic acids is 1. The van der Waals surface area contributed by atoms with Gasteiger partial charge in [0.25, 0.3) is 0 Å². The number of amides is 1. The largest absolute Gasteiger partial charge is 0.493 e. The van der Waals surface area contributed by atoms with Crippen LogP contribution < -0.4 is 19.5 Å². The fraction of sp³-hybridized carbons (Fsp3) is 0.160. The highest BCUT2D eigenvalue weighted by molar-refractivity contribution is 6.02. The molecule has 0 aliphatic heterocycles. The smallest absolute Gasteiger partial charge is 0.416 e. The predicted octanol–water partition coefficient (Wildman–Crippen LogP) is 5.95. The van der Waals surface area contributed by atoms with Gasteiger partial charge < -0.3 is 19.5 Å². The first-order valence-corrected chi connectivity index (χ1v) is 9.89. The molecule has 0 radical (unpaired) electrons. The van der Waals surface area contributed by atoms with Gasteiger partial charge in [-0.2, -0.15) is 13.2 Å². The third kappa shape index (κ3) is 6.52. The molecule has 3 aromatic rings. The van der Waals surface area contributed by atoms with Crippen LogP contribution in [-0.4, -0.2) is 20.1 Å². The SMILES string of the molecule is COc1cc(C=CC(=O)Nc2ccc(C(F)(F)F)cc2)cc(OC)c1OCc1ccccc1. The predicted molar refractivity (Wildman–Crippen MR) is 119 cm³/mol. The molecule has 3 aromatic carbocycles. The fourth-order valence-corrected chi connectivity index (χ4v) is 2.97. The normalized spacial score (nSPS) is 11.3. The van der Waals surface area contributed by atoms with Crippen molar-refractivity contribution in [2.45, 2.75) is 12.8 Å². The van der Waals surface area contributed by atoms with Gasteiger partial charge >= 0.3 is 6.18 Å². The Morgan fingerprint density at radius 3 is 2.09 bits per heavy atom. The lowest BCUT2D eigenvalue weighted by atomic mass is 10.1. The molecule has 172 valence electrons. The van der Waals surface area contributed by atoms with Gasteiger partial charge in [-0.25, -0.2) is 0 Å². The second-order valence-electron chi connectivity index (χ2n) is 6.93. The zero-order chi connectivity index (χ0) is 23.8. The Kier molecular flexibility index (Phi) is 7.61. The Balaban J connectivity index is 1.71. The fourth-order valence-electron chi connectivity index (χ4n) is 2.97. The number of anilines is 1. The van der Waals surface area contributed by atoms with Crippen molar-refractivity contribution in [3.05, 3.63) is 89.5 Å². The van der Waals surface area contributed by atoms with E-state index in [-0.39, 0.29) is 5.69 Å². The van der Waals surface area contributed by atoms with Gasteiger partial charge in [-0.05, 0) is 53.6 Å². The molecule has 0 bridgehead atoms. The third-order valence-corrected chi connectivity index (χ3v) is 4.62. The van der Waals surface area contributed by atoms with Crippen LogP contribution in [0.15, 0.2) is 72.8 Å². The molecule has 1 N–H and O–H groups in total. The zero-order valence-electron chi connectivity index (χ0n) is 18.0. The second-order valence-corrected chi connectivity index (χ2v) is 6.93. The molecule has 0 atom stereocenters. The van der Waals surface area contributed by atoms with Gasteiger partial charge in [0, 0.05) is 11.8 Å². The van der Waals surface area contributed by atoms with E-state index < -0.39 is 17.6 Å². The molecule has 3 rings (SSSR count). The van der Waals surface area contributed by atoms with Crippen LogP contribution in [-0.2, 0) is 17.6 Å².